The van der Waals surface area contributed by atoms with Crippen molar-refractivity contribution in [3.8, 4) is 11.5 Å². The lowest BCUT2D eigenvalue weighted by molar-refractivity contribution is 0.0940. The quantitative estimate of drug-likeness (QED) is 0.592. The van der Waals surface area contributed by atoms with E-state index in [-0.39, 0.29) is 22.4 Å². The Labute approximate surface area is 194 Å². The number of carbonyl (C=O) groups is 1. The molecule has 1 N–H and O–H groups in total. The fourth-order valence-electron chi connectivity index (χ4n) is 3.63. The minimum Gasteiger partial charge on any atom is -0.486 e. The smallest absolute Gasteiger partial charge is 0.264 e. The number of nitrogens with zero attached hydrogens (tertiary/aromatic N) is 1. The van der Waals surface area contributed by atoms with Crippen LogP contribution < -0.4 is 19.1 Å². The second-order valence-corrected chi connectivity index (χ2v) is 9.87. The van der Waals surface area contributed by atoms with Crippen molar-refractivity contribution in [2.45, 2.75) is 24.8 Å². The van der Waals surface area contributed by atoms with E-state index in [1.165, 1.54) is 7.05 Å². The van der Waals surface area contributed by atoms with Crippen molar-refractivity contribution in [1.82, 2.24) is 5.32 Å². The van der Waals surface area contributed by atoms with Crippen LogP contribution in [-0.4, -0.2) is 34.6 Å². The highest BCUT2D eigenvalue weighted by atomic mass is 32.2. The van der Waals surface area contributed by atoms with Crippen LogP contribution in [0.3, 0.4) is 0 Å². The van der Waals surface area contributed by atoms with Crippen LogP contribution in [0.25, 0.3) is 0 Å². The molecule has 3 aromatic rings. The maximum atomic E-state index is 13.2. The van der Waals surface area contributed by atoms with Crippen molar-refractivity contribution in [2.75, 3.05) is 24.6 Å². The molecular formula is C25H26N2O5S. The second kappa shape index (κ2) is 9.15. The average molecular weight is 467 g/mol. The molecular weight excluding hydrogens is 440 g/mol. The Morgan fingerprint density at radius 1 is 0.970 bits per heavy atom. The van der Waals surface area contributed by atoms with Crippen molar-refractivity contribution < 1.29 is 22.7 Å². The molecule has 0 bridgehead atoms. The van der Waals surface area contributed by atoms with Gasteiger partial charge in [0.25, 0.3) is 15.9 Å². The predicted octanol–water partition coefficient (Wildman–Crippen LogP) is 4.08. The van der Waals surface area contributed by atoms with Gasteiger partial charge in [-0.15, -0.1) is 0 Å². The van der Waals surface area contributed by atoms with Gasteiger partial charge in [0.1, 0.15) is 13.2 Å². The van der Waals surface area contributed by atoms with Crippen LogP contribution in [0.2, 0.25) is 0 Å². The molecule has 0 aromatic heterocycles. The number of rotatable bonds is 6. The second-order valence-electron chi connectivity index (χ2n) is 7.90. The number of sulfonamides is 1. The van der Waals surface area contributed by atoms with E-state index in [0.717, 1.165) is 15.4 Å². The molecule has 0 saturated heterocycles. The first-order valence-corrected chi connectivity index (χ1v) is 12.1. The molecule has 8 heteroatoms. The van der Waals surface area contributed by atoms with Gasteiger partial charge in [-0.1, -0.05) is 35.9 Å². The summed E-state index contributed by atoms with van der Waals surface area (Å²) in [7, 11) is -2.38. The first-order valence-electron chi connectivity index (χ1n) is 10.6. The molecule has 1 atom stereocenters. The zero-order valence-electron chi connectivity index (χ0n) is 18.7. The summed E-state index contributed by atoms with van der Waals surface area (Å²) >= 11 is 0. The van der Waals surface area contributed by atoms with Gasteiger partial charge >= 0.3 is 0 Å². The summed E-state index contributed by atoms with van der Waals surface area (Å²) < 4.78 is 38.7. The Bertz CT molecular complexity index is 1270. The summed E-state index contributed by atoms with van der Waals surface area (Å²) in [6.45, 7) is 4.74. The Hall–Kier alpha value is -3.52. The van der Waals surface area contributed by atoms with Crippen LogP contribution in [0.1, 0.15) is 34.5 Å². The van der Waals surface area contributed by atoms with Crippen molar-refractivity contribution in [1.29, 1.82) is 0 Å². The van der Waals surface area contributed by atoms with Crippen molar-refractivity contribution in [2.24, 2.45) is 0 Å². The molecule has 0 aliphatic carbocycles. The van der Waals surface area contributed by atoms with Gasteiger partial charge in [-0.2, -0.15) is 0 Å². The van der Waals surface area contributed by atoms with Gasteiger partial charge in [0, 0.05) is 7.05 Å². The lowest BCUT2D eigenvalue weighted by atomic mass is 10.1. The molecule has 3 aromatic carbocycles. The van der Waals surface area contributed by atoms with Gasteiger partial charge in [-0.05, 0) is 55.8 Å². The largest absolute Gasteiger partial charge is 0.486 e. The Balaban J connectivity index is 1.58. The number of fused-ring (bicyclic) bond motifs is 1. The van der Waals surface area contributed by atoms with Crippen molar-refractivity contribution >= 4 is 21.6 Å². The number of aryl methyl sites for hydroxylation is 1. The van der Waals surface area contributed by atoms with Gasteiger partial charge in [0.15, 0.2) is 11.5 Å². The fraction of sp³-hybridized carbons (Fsp3) is 0.240. The summed E-state index contributed by atoms with van der Waals surface area (Å²) in [6, 6.07) is 18.5. The lowest BCUT2D eigenvalue weighted by Crippen LogP contribution is -2.32. The van der Waals surface area contributed by atoms with Crippen LogP contribution in [0.4, 0.5) is 5.69 Å². The third kappa shape index (κ3) is 4.66. The highest BCUT2D eigenvalue weighted by molar-refractivity contribution is 7.92. The average Bonchev–Trinajstić information content (AvgIpc) is 2.83. The number of nitrogens with one attached hydrogen (secondary N) is 1. The predicted molar refractivity (Wildman–Crippen MR) is 127 cm³/mol. The fourth-order valence-corrected chi connectivity index (χ4v) is 4.84. The Kier molecular flexibility index (Phi) is 6.29. The lowest BCUT2D eigenvalue weighted by Gasteiger charge is -2.24. The third-order valence-electron chi connectivity index (χ3n) is 5.58. The first-order chi connectivity index (χ1) is 15.8. The van der Waals surface area contributed by atoms with Crippen molar-refractivity contribution in [3.05, 3.63) is 83.4 Å². The maximum absolute atomic E-state index is 13.2. The molecule has 0 spiro atoms. The van der Waals surface area contributed by atoms with Crippen LogP contribution in [-0.2, 0) is 10.0 Å². The summed E-state index contributed by atoms with van der Waals surface area (Å²) in [5.41, 5.74) is 2.38. The normalized spacial score (nSPS) is 13.8. The Morgan fingerprint density at radius 3 is 2.36 bits per heavy atom. The summed E-state index contributed by atoms with van der Waals surface area (Å²) in [6.07, 6.45) is 0. The van der Waals surface area contributed by atoms with Crippen LogP contribution in [0.15, 0.2) is 71.6 Å². The molecule has 1 aliphatic heterocycles. The number of benzene rings is 3. The van der Waals surface area contributed by atoms with E-state index in [2.05, 4.69) is 5.32 Å². The molecule has 0 radical (unpaired) electrons. The van der Waals surface area contributed by atoms with E-state index in [1.807, 2.05) is 32.0 Å². The number of hydrogen-bond acceptors (Lipinski definition) is 5. The summed E-state index contributed by atoms with van der Waals surface area (Å²) in [5.74, 6) is 0.944. The van der Waals surface area contributed by atoms with Gasteiger partial charge < -0.3 is 14.8 Å². The van der Waals surface area contributed by atoms with Gasteiger partial charge in [0.2, 0.25) is 0 Å². The van der Waals surface area contributed by atoms with Crippen molar-refractivity contribution in [3.63, 3.8) is 0 Å². The third-order valence-corrected chi connectivity index (χ3v) is 7.37. The minimum absolute atomic E-state index is 0.162. The van der Waals surface area contributed by atoms with Crippen LogP contribution in [0.5, 0.6) is 11.5 Å². The number of amides is 1. The van der Waals surface area contributed by atoms with E-state index < -0.39 is 10.0 Å². The summed E-state index contributed by atoms with van der Waals surface area (Å²) in [4.78, 5) is 13.3. The topological polar surface area (TPSA) is 84.9 Å². The van der Waals surface area contributed by atoms with E-state index in [1.54, 1.807) is 48.5 Å². The van der Waals surface area contributed by atoms with Crippen LogP contribution >= 0.6 is 0 Å². The molecule has 1 amide bonds. The zero-order chi connectivity index (χ0) is 23.6. The van der Waals surface area contributed by atoms with E-state index in [9.17, 15) is 13.2 Å². The minimum atomic E-state index is -3.83. The van der Waals surface area contributed by atoms with E-state index in [0.29, 0.717) is 30.4 Å². The molecule has 7 nitrogen and oxygen atoms in total. The standard InChI is InChI=1S/C25H26N2O5S/c1-17-8-11-20(12-9-17)33(29,30)27(3)22-7-5-4-6-21(22)25(28)26-18(2)19-10-13-23-24(16-19)32-15-14-31-23/h4-13,16,18H,14-15H2,1-3H3,(H,26,28)/t18-/m0/s1. The molecule has 0 unspecified atom stereocenters. The molecule has 4 rings (SSSR count). The monoisotopic (exact) mass is 466 g/mol. The molecule has 172 valence electrons. The molecule has 0 fully saturated rings. The number of para-hydroxylation sites is 1. The highest BCUT2D eigenvalue weighted by Gasteiger charge is 2.26. The number of anilines is 1. The van der Waals surface area contributed by atoms with Crippen LogP contribution in [0, 0.1) is 6.92 Å². The Morgan fingerprint density at radius 2 is 1.64 bits per heavy atom. The first kappa shape index (κ1) is 22.7. The molecule has 1 aliphatic rings. The van der Waals surface area contributed by atoms with Gasteiger partial charge in [-0.3, -0.25) is 9.10 Å². The van der Waals surface area contributed by atoms with Gasteiger partial charge in [-0.25, -0.2) is 8.42 Å². The SMILES string of the molecule is Cc1ccc(S(=O)(=O)N(C)c2ccccc2C(=O)N[C@@H](C)c2ccc3c(c2)OCCO3)cc1. The molecule has 1 heterocycles. The van der Waals surface area contributed by atoms with E-state index in [4.69, 9.17) is 9.47 Å². The number of hydrogen-bond donors (Lipinski definition) is 1. The summed E-state index contributed by atoms with van der Waals surface area (Å²) in [5, 5.41) is 2.96. The molecule has 33 heavy (non-hydrogen) atoms. The van der Waals surface area contributed by atoms with E-state index >= 15 is 0 Å². The number of ether oxygens (including phenoxy) is 2. The van der Waals surface area contributed by atoms with Gasteiger partial charge in [0.05, 0.1) is 22.2 Å². The zero-order valence-corrected chi connectivity index (χ0v) is 19.6. The maximum Gasteiger partial charge on any atom is 0.264 e. The highest BCUT2D eigenvalue weighted by Crippen LogP contribution is 2.33. The number of carbonyl (C=O) groups excluding carboxylic acids is 1. The molecule has 0 saturated carbocycles.